The Hall–Kier alpha value is -1.65. The number of unbranched alkanes of at least 4 members (excludes halogenated alkanes) is 2. The molecule has 1 aromatic carbocycles. The zero-order chi connectivity index (χ0) is 21.7. The van der Waals surface area contributed by atoms with Crippen LogP contribution in [0.5, 0.6) is 0 Å². The van der Waals surface area contributed by atoms with Crippen molar-refractivity contribution in [1.29, 1.82) is 0 Å². The molecule has 0 aliphatic carbocycles. The number of hydrogen-bond donors (Lipinski definition) is 0. The Morgan fingerprint density at radius 1 is 0.828 bits per heavy atom. The zero-order valence-electron chi connectivity index (χ0n) is 18.8. The number of allylic oxidation sites excluding steroid dienone is 6. The maximum Gasteiger partial charge on any atom is 0.296 e. The fraction of sp³-hybridized carbons (Fsp3) is 0.520. The highest BCUT2D eigenvalue weighted by molar-refractivity contribution is 7.86. The van der Waals surface area contributed by atoms with Crippen molar-refractivity contribution in [2.75, 3.05) is 6.61 Å². The molecular formula is C25H38O3S. The van der Waals surface area contributed by atoms with E-state index in [4.69, 9.17) is 4.18 Å². The van der Waals surface area contributed by atoms with E-state index >= 15 is 0 Å². The molecule has 0 radical (unpaired) electrons. The third-order valence-electron chi connectivity index (χ3n) is 4.76. The van der Waals surface area contributed by atoms with Crippen molar-refractivity contribution in [2.24, 2.45) is 0 Å². The van der Waals surface area contributed by atoms with Gasteiger partial charge in [0.1, 0.15) is 0 Å². The molecule has 1 aromatic rings. The van der Waals surface area contributed by atoms with Crippen molar-refractivity contribution in [3.63, 3.8) is 0 Å². The van der Waals surface area contributed by atoms with Gasteiger partial charge < -0.3 is 0 Å². The molecule has 0 spiro atoms. The minimum Gasteiger partial charge on any atom is -0.266 e. The summed E-state index contributed by atoms with van der Waals surface area (Å²) in [5, 5.41) is 0. The Morgan fingerprint density at radius 3 is 1.97 bits per heavy atom. The Labute approximate surface area is 178 Å². The van der Waals surface area contributed by atoms with Gasteiger partial charge in [-0.05, 0) is 91.7 Å². The molecule has 3 nitrogen and oxygen atoms in total. The van der Waals surface area contributed by atoms with E-state index in [-0.39, 0.29) is 11.5 Å². The van der Waals surface area contributed by atoms with Gasteiger partial charge in [-0.2, -0.15) is 8.42 Å². The van der Waals surface area contributed by atoms with Gasteiger partial charge >= 0.3 is 0 Å². The van der Waals surface area contributed by atoms with E-state index < -0.39 is 10.1 Å². The van der Waals surface area contributed by atoms with Gasteiger partial charge in [-0.15, -0.1) is 0 Å². The molecule has 0 aromatic heterocycles. The van der Waals surface area contributed by atoms with Crippen LogP contribution in [0.4, 0.5) is 0 Å². The molecule has 0 amide bonds. The fourth-order valence-electron chi connectivity index (χ4n) is 2.88. The standard InChI is InChI=1S/C25H38O3S/c1-21(2)11-9-13-23(4)15-10-14-22(3)12-7-6-8-20-28-29(26,27)25-18-16-24(5)17-19-25/h11-12,15-19H,6-10,13-14,20H2,1-5H3. The lowest BCUT2D eigenvalue weighted by Crippen LogP contribution is -2.07. The Morgan fingerprint density at radius 2 is 1.38 bits per heavy atom. The van der Waals surface area contributed by atoms with Gasteiger partial charge in [0.2, 0.25) is 0 Å². The van der Waals surface area contributed by atoms with Gasteiger partial charge in [-0.25, -0.2) is 0 Å². The maximum absolute atomic E-state index is 12.1. The molecule has 29 heavy (non-hydrogen) atoms. The largest absolute Gasteiger partial charge is 0.296 e. The van der Waals surface area contributed by atoms with Crippen molar-refractivity contribution >= 4 is 10.1 Å². The minimum absolute atomic E-state index is 0.225. The van der Waals surface area contributed by atoms with E-state index in [1.807, 2.05) is 6.92 Å². The topological polar surface area (TPSA) is 43.4 Å². The summed E-state index contributed by atoms with van der Waals surface area (Å²) in [6, 6.07) is 6.75. The second kappa shape index (κ2) is 13.6. The van der Waals surface area contributed by atoms with Gasteiger partial charge in [0, 0.05) is 0 Å². The first-order valence-electron chi connectivity index (χ1n) is 10.6. The smallest absolute Gasteiger partial charge is 0.266 e. The highest BCUT2D eigenvalue weighted by atomic mass is 32.2. The molecule has 0 bridgehead atoms. The van der Waals surface area contributed by atoms with Crippen LogP contribution in [-0.4, -0.2) is 15.0 Å². The second-order valence-corrected chi connectivity index (χ2v) is 9.66. The van der Waals surface area contributed by atoms with Gasteiger partial charge in [0.05, 0.1) is 11.5 Å². The molecule has 0 atom stereocenters. The molecule has 0 saturated carbocycles. The highest BCUT2D eigenvalue weighted by Gasteiger charge is 2.14. The summed E-state index contributed by atoms with van der Waals surface area (Å²) in [4.78, 5) is 0.225. The van der Waals surface area contributed by atoms with Crippen LogP contribution in [0.1, 0.15) is 78.2 Å². The van der Waals surface area contributed by atoms with Gasteiger partial charge in [0.15, 0.2) is 0 Å². The van der Waals surface area contributed by atoms with Crippen molar-refractivity contribution in [2.45, 2.75) is 84.5 Å². The van der Waals surface area contributed by atoms with Crippen LogP contribution in [0.3, 0.4) is 0 Å². The molecule has 0 unspecified atom stereocenters. The van der Waals surface area contributed by atoms with Crippen molar-refractivity contribution < 1.29 is 12.6 Å². The Kier molecular flexibility index (Phi) is 11.9. The Balaban J connectivity index is 2.21. The van der Waals surface area contributed by atoms with E-state index in [9.17, 15) is 8.42 Å². The second-order valence-electron chi connectivity index (χ2n) is 8.04. The van der Waals surface area contributed by atoms with E-state index in [2.05, 4.69) is 45.9 Å². The lowest BCUT2D eigenvalue weighted by Gasteiger charge is -2.06. The SMILES string of the molecule is CC(C)=CCCC(C)=CCCC(C)=CCCCCOS(=O)(=O)c1ccc(C)cc1. The fourth-order valence-corrected chi connectivity index (χ4v) is 3.82. The first-order valence-corrected chi connectivity index (χ1v) is 12.0. The Bertz CT molecular complexity index is 793. The number of hydrogen-bond acceptors (Lipinski definition) is 3. The van der Waals surface area contributed by atoms with E-state index in [0.29, 0.717) is 0 Å². The quantitative estimate of drug-likeness (QED) is 0.192. The predicted molar refractivity (Wildman–Crippen MR) is 124 cm³/mol. The van der Waals surface area contributed by atoms with Crippen LogP contribution in [0.15, 0.2) is 64.1 Å². The number of rotatable bonds is 13. The molecule has 0 heterocycles. The van der Waals surface area contributed by atoms with Gasteiger partial charge in [-0.3, -0.25) is 4.18 Å². The normalized spacial score (nSPS) is 12.9. The first kappa shape index (κ1) is 25.4. The molecule has 0 fully saturated rings. The van der Waals surface area contributed by atoms with Crippen LogP contribution in [-0.2, 0) is 14.3 Å². The lowest BCUT2D eigenvalue weighted by atomic mass is 10.1. The molecule has 4 heteroatoms. The summed E-state index contributed by atoms with van der Waals surface area (Å²) in [6.45, 7) is 10.8. The minimum atomic E-state index is -3.64. The van der Waals surface area contributed by atoms with Crippen LogP contribution in [0.25, 0.3) is 0 Å². The zero-order valence-corrected chi connectivity index (χ0v) is 19.6. The summed E-state index contributed by atoms with van der Waals surface area (Å²) in [5.41, 5.74) is 5.27. The molecule has 0 N–H and O–H groups in total. The summed E-state index contributed by atoms with van der Waals surface area (Å²) >= 11 is 0. The molecule has 0 aliphatic rings. The van der Waals surface area contributed by atoms with Gasteiger partial charge in [0.25, 0.3) is 10.1 Å². The van der Waals surface area contributed by atoms with Gasteiger partial charge in [-0.1, -0.05) is 52.6 Å². The van der Waals surface area contributed by atoms with E-state index in [0.717, 1.165) is 50.5 Å². The average molecular weight is 419 g/mol. The number of benzene rings is 1. The molecular weight excluding hydrogens is 380 g/mol. The number of aryl methyl sites for hydroxylation is 1. The first-order chi connectivity index (χ1) is 13.7. The van der Waals surface area contributed by atoms with Crippen LogP contribution >= 0.6 is 0 Å². The summed E-state index contributed by atoms with van der Waals surface area (Å²) in [5.74, 6) is 0. The molecule has 162 valence electrons. The third-order valence-corrected chi connectivity index (χ3v) is 6.09. The third kappa shape index (κ3) is 11.8. The van der Waals surface area contributed by atoms with E-state index in [1.165, 1.54) is 16.7 Å². The maximum atomic E-state index is 12.1. The summed E-state index contributed by atoms with van der Waals surface area (Å²) in [7, 11) is -3.64. The van der Waals surface area contributed by atoms with Crippen molar-refractivity contribution in [3.05, 3.63) is 64.8 Å². The average Bonchev–Trinajstić information content (AvgIpc) is 2.64. The predicted octanol–water partition coefficient (Wildman–Crippen LogP) is 7.29. The molecule has 0 aliphatic heterocycles. The van der Waals surface area contributed by atoms with Crippen LogP contribution in [0.2, 0.25) is 0 Å². The summed E-state index contributed by atoms with van der Waals surface area (Å²) < 4.78 is 29.4. The lowest BCUT2D eigenvalue weighted by molar-refractivity contribution is 0.309. The van der Waals surface area contributed by atoms with Crippen molar-refractivity contribution in [1.82, 2.24) is 0 Å². The van der Waals surface area contributed by atoms with E-state index in [1.54, 1.807) is 24.3 Å². The highest BCUT2D eigenvalue weighted by Crippen LogP contribution is 2.15. The monoisotopic (exact) mass is 418 g/mol. The van der Waals surface area contributed by atoms with Crippen LogP contribution in [0, 0.1) is 6.92 Å². The van der Waals surface area contributed by atoms with Crippen molar-refractivity contribution in [3.8, 4) is 0 Å². The summed E-state index contributed by atoms with van der Waals surface area (Å²) in [6.07, 6.45) is 14.0. The molecule has 0 saturated heterocycles. The van der Waals surface area contributed by atoms with Crippen LogP contribution < -0.4 is 0 Å². The molecule has 1 rings (SSSR count).